The van der Waals surface area contributed by atoms with Crippen molar-refractivity contribution in [3.8, 4) is 0 Å². The number of hydrogen-bond acceptors (Lipinski definition) is 4. The second-order valence-corrected chi connectivity index (χ2v) is 7.16. The number of carbonyl (C=O) groups excluding carboxylic acids is 1. The molecule has 0 fully saturated rings. The molecule has 2 aromatic rings. The van der Waals surface area contributed by atoms with E-state index in [2.05, 4.69) is 73.3 Å². The van der Waals surface area contributed by atoms with Gasteiger partial charge in [0.25, 0.3) is 5.91 Å². The topological polar surface area (TPSA) is 57.3 Å². The molecule has 5 nitrogen and oxygen atoms in total. The summed E-state index contributed by atoms with van der Waals surface area (Å²) in [5, 5.41) is 6.30. The molecule has 0 saturated carbocycles. The Labute approximate surface area is 163 Å². The zero-order valence-corrected chi connectivity index (χ0v) is 17.2. The predicted molar refractivity (Wildman–Crippen MR) is 114 cm³/mol. The highest BCUT2D eigenvalue weighted by atomic mass is 16.1. The summed E-state index contributed by atoms with van der Waals surface area (Å²) < 4.78 is 0. The van der Waals surface area contributed by atoms with Gasteiger partial charge in [-0.05, 0) is 69.0 Å². The van der Waals surface area contributed by atoms with Crippen molar-refractivity contribution in [1.82, 2.24) is 10.3 Å². The van der Waals surface area contributed by atoms with E-state index in [1.165, 1.54) is 5.69 Å². The molecule has 0 bridgehead atoms. The highest BCUT2D eigenvalue weighted by molar-refractivity contribution is 5.94. The lowest BCUT2D eigenvalue weighted by Crippen LogP contribution is -2.25. The van der Waals surface area contributed by atoms with Crippen LogP contribution in [0.1, 0.15) is 50.0 Å². The number of nitrogens with one attached hydrogen (secondary N) is 2. The van der Waals surface area contributed by atoms with Crippen molar-refractivity contribution >= 4 is 23.1 Å². The molecule has 0 aliphatic rings. The fourth-order valence-corrected chi connectivity index (χ4v) is 2.93. The Morgan fingerprint density at radius 1 is 1.15 bits per heavy atom. The summed E-state index contributed by atoms with van der Waals surface area (Å²) in [6.45, 7) is 13.4. The second-order valence-electron chi connectivity index (χ2n) is 7.16. The summed E-state index contributed by atoms with van der Waals surface area (Å²) in [5.41, 5.74) is 3.98. The molecular formula is C22H32N4O. The van der Waals surface area contributed by atoms with Crippen LogP contribution in [0.3, 0.4) is 0 Å². The predicted octanol–water partition coefficient (Wildman–Crippen LogP) is 4.76. The van der Waals surface area contributed by atoms with Gasteiger partial charge in [0.2, 0.25) is 0 Å². The van der Waals surface area contributed by atoms with Gasteiger partial charge in [-0.1, -0.05) is 13.8 Å². The summed E-state index contributed by atoms with van der Waals surface area (Å²) in [7, 11) is 0. The normalized spacial score (nSPS) is 10.7. The van der Waals surface area contributed by atoms with Crippen molar-refractivity contribution < 1.29 is 4.79 Å². The molecule has 0 aliphatic carbocycles. The first kappa shape index (κ1) is 20.7. The fraction of sp³-hybridized carbons (Fsp3) is 0.455. The smallest absolute Gasteiger partial charge is 0.251 e. The van der Waals surface area contributed by atoms with E-state index in [9.17, 15) is 4.79 Å². The highest BCUT2D eigenvalue weighted by Crippen LogP contribution is 2.25. The van der Waals surface area contributed by atoms with E-state index in [1.807, 2.05) is 0 Å². The number of carbonyl (C=O) groups is 1. The van der Waals surface area contributed by atoms with Crippen LogP contribution in [0.5, 0.6) is 0 Å². The molecule has 2 N–H and O–H groups in total. The summed E-state index contributed by atoms with van der Waals surface area (Å²) in [5.74, 6) is 1.18. The maximum Gasteiger partial charge on any atom is 0.251 e. The highest BCUT2D eigenvalue weighted by Gasteiger charge is 2.09. The lowest BCUT2D eigenvalue weighted by atomic mass is 10.1. The Balaban J connectivity index is 2.08. The second kappa shape index (κ2) is 9.95. The van der Waals surface area contributed by atoms with Crippen LogP contribution in [0.15, 0.2) is 36.5 Å². The zero-order valence-electron chi connectivity index (χ0n) is 17.2. The minimum absolute atomic E-state index is 0.0605. The Kier molecular flexibility index (Phi) is 7.65. The van der Waals surface area contributed by atoms with Gasteiger partial charge in [-0.3, -0.25) is 4.79 Å². The van der Waals surface area contributed by atoms with E-state index >= 15 is 0 Å². The van der Waals surface area contributed by atoms with Crippen molar-refractivity contribution in [2.24, 2.45) is 5.92 Å². The van der Waals surface area contributed by atoms with E-state index < -0.39 is 0 Å². The fourth-order valence-electron chi connectivity index (χ4n) is 2.93. The molecule has 5 heteroatoms. The van der Waals surface area contributed by atoms with E-state index in [0.29, 0.717) is 23.8 Å². The van der Waals surface area contributed by atoms with E-state index in [0.717, 1.165) is 30.8 Å². The molecule has 27 heavy (non-hydrogen) atoms. The van der Waals surface area contributed by atoms with Crippen LogP contribution >= 0.6 is 0 Å². The van der Waals surface area contributed by atoms with Gasteiger partial charge in [-0.25, -0.2) is 4.98 Å². The van der Waals surface area contributed by atoms with E-state index in [4.69, 9.17) is 0 Å². The number of pyridine rings is 1. The molecule has 1 aromatic heterocycles. The van der Waals surface area contributed by atoms with Crippen LogP contribution in [0.2, 0.25) is 0 Å². The van der Waals surface area contributed by atoms with Crippen molar-refractivity contribution in [2.75, 3.05) is 29.9 Å². The van der Waals surface area contributed by atoms with E-state index in [1.54, 1.807) is 18.3 Å². The maximum absolute atomic E-state index is 12.3. The molecule has 0 spiro atoms. The van der Waals surface area contributed by atoms with E-state index in [-0.39, 0.29) is 5.91 Å². The third-order valence-corrected chi connectivity index (χ3v) is 4.63. The third-order valence-electron chi connectivity index (χ3n) is 4.63. The van der Waals surface area contributed by atoms with Crippen LogP contribution in [0.4, 0.5) is 17.2 Å². The lowest BCUT2D eigenvalue weighted by molar-refractivity contribution is 0.0952. The number of aromatic nitrogens is 1. The minimum Gasteiger partial charge on any atom is -0.372 e. The molecule has 0 saturated heterocycles. The van der Waals surface area contributed by atoms with Gasteiger partial charge in [-0.15, -0.1) is 0 Å². The van der Waals surface area contributed by atoms with Crippen LogP contribution in [0, 0.1) is 12.8 Å². The van der Waals surface area contributed by atoms with Crippen molar-refractivity contribution in [2.45, 2.75) is 41.0 Å². The maximum atomic E-state index is 12.3. The molecule has 1 heterocycles. The average molecular weight is 369 g/mol. The first-order valence-electron chi connectivity index (χ1n) is 9.81. The van der Waals surface area contributed by atoms with Crippen molar-refractivity contribution in [3.05, 3.63) is 47.7 Å². The van der Waals surface area contributed by atoms with Crippen LogP contribution in [-0.4, -0.2) is 30.5 Å². The molecular weight excluding hydrogens is 336 g/mol. The molecule has 0 radical (unpaired) electrons. The SMILES string of the molecule is CCN(CC)c1ccc(Nc2cc(C(=O)NCCC(C)C)ccn2)c(C)c1. The molecule has 0 aliphatic heterocycles. The molecule has 146 valence electrons. The quantitative estimate of drug-likeness (QED) is 0.670. The molecule has 1 amide bonds. The number of amides is 1. The number of nitrogens with zero attached hydrogens (tertiary/aromatic N) is 2. The third kappa shape index (κ3) is 5.98. The van der Waals surface area contributed by atoms with Gasteiger partial charge in [-0.2, -0.15) is 0 Å². The monoisotopic (exact) mass is 368 g/mol. The van der Waals surface area contributed by atoms with Crippen LogP contribution in [0.25, 0.3) is 0 Å². The summed E-state index contributed by atoms with van der Waals surface area (Å²) >= 11 is 0. The first-order valence-corrected chi connectivity index (χ1v) is 9.81. The Morgan fingerprint density at radius 2 is 1.89 bits per heavy atom. The van der Waals surface area contributed by atoms with Crippen molar-refractivity contribution in [1.29, 1.82) is 0 Å². The Hall–Kier alpha value is -2.56. The Morgan fingerprint density at radius 3 is 2.52 bits per heavy atom. The number of benzene rings is 1. The zero-order chi connectivity index (χ0) is 19.8. The first-order chi connectivity index (χ1) is 12.9. The van der Waals surface area contributed by atoms with Crippen LogP contribution < -0.4 is 15.5 Å². The summed E-state index contributed by atoms with van der Waals surface area (Å²) in [4.78, 5) is 19.0. The average Bonchev–Trinajstić information content (AvgIpc) is 2.64. The summed E-state index contributed by atoms with van der Waals surface area (Å²) in [6, 6.07) is 9.90. The number of anilines is 3. The Bertz CT molecular complexity index is 754. The van der Waals surface area contributed by atoms with Gasteiger partial charge in [0, 0.05) is 42.8 Å². The molecule has 0 atom stereocenters. The molecule has 0 unspecified atom stereocenters. The minimum atomic E-state index is -0.0605. The summed E-state index contributed by atoms with van der Waals surface area (Å²) in [6.07, 6.45) is 2.64. The molecule has 2 rings (SSSR count). The van der Waals surface area contributed by atoms with Gasteiger partial charge in [0.1, 0.15) is 5.82 Å². The van der Waals surface area contributed by atoms with Gasteiger partial charge in [0.15, 0.2) is 0 Å². The number of hydrogen-bond donors (Lipinski definition) is 2. The number of aryl methyl sites for hydroxylation is 1. The lowest BCUT2D eigenvalue weighted by Gasteiger charge is -2.22. The van der Waals surface area contributed by atoms with Gasteiger partial charge < -0.3 is 15.5 Å². The van der Waals surface area contributed by atoms with Crippen molar-refractivity contribution in [3.63, 3.8) is 0 Å². The largest absolute Gasteiger partial charge is 0.372 e. The standard InChI is InChI=1S/C22H32N4O/c1-6-26(7-2)19-8-9-20(17(5)14-19)25-21-15-18(11-13-23-21)22(27)24-12-10-16(3)4/h8-9,11,13-16H,6-7,10,12H2,1-5H3,(H,23,25)(H,24,27). The molecule has 1 aromatic carbocycles. The van der Waals surface area contributed by atoms with Gasteiger partial charge >= 0.3 is 0 Å². The number of rotatable bonds is 9. The van der Waals surface area contributed by atoms with Crippen LogP contribution in [-0.2, 0) is 0 Å². The van der Waals surface area contributed by atoms with Gasteiger partial charge in [0.05, 0.1) is 0 Å².